The molecule has 21 heavy (non-hydrogen) atoms. The van der Waals surface area contributed by atoms with Gasteiger partial charge in [-0.2, -0.15) is 0 Å². The molecule has 0 aliphatic heterocycles. The Balaban J connectivity index is 2.60. The number of amides is 2. The van der Waals surface area contributed by atoms with Gasteiger partial charge >= 0.3 is 6.03 Å². The number of rotatable bonds is 7. The maximum absolute atomic E-state index is 12.0. The zero-order chi connectivity index (χ0) is 15.9. The predicted molar refractivity (Wildman–Crippen MR) is 87.7 cm³/mol. The van der Waals surface area contributed by atoms with Crippen LogP contribution in [0.1, 0.15) is 44.2 Å². The molecule has 0 spiro atoms. The van der Waals surface area contributed by atoms with Crippen molar-refractivity contribution in [1.29, 1.82) is 0 Å². The first-order valence-corrected chi connectivity index (χ1v) is 7.69. The molecular weight excluding hydrogens is 264 g/mol. The number of aryl methyl sites for hydroxylation is 2. The standard InChI is InChI=1S/C17H28N2O2/c1-5-17(6-2,9-10-20)12-18-16(21)19-15-8-7-13(3)11-14(15)4/h7-8,11,20H,5-6,9-10,12H2,1-4H3,(H2,18,19,21). The fourth-order valence-corrected chi connectivity index (χ4v) is 2.57. The molecule has 0 saturated heterocycles. The molecule has 118 valence electrons. The van der Waals surface area contributed by atoms with Gasteiger partial charge in [0.2, 0.25) is 0 Å². The fourth-order valence-electron chi connectivity index (χ4n) is 2.57. The van der Waals surface area contributed by atoms with Crippen molar-refractivity contribution in [3.8, 4) is 0 Å². The summed E-state index contributed by atoms with van der Waals surface area (Å²) in [6.45, 7) is 8.95. The van der Waals surface area contributed by atoms with Crippen LogP contribution in [0, 0.1) is 19.3 Å². The lowest BCUT2D eigenvalue weighted by Gasteiger charge is -2.31. The Kier molecular flexibility index (Phi) is 6.69. The summed E-state index contributed by atoms with van der Waals surface area (Å²) < 4.78 is 0. The van der Waals surface area contributed by atoms with Gasteiger partial charge in [-0.1, -0.05) is 31.5 Å². The summed E-state index contributed by atoms with van der Waals surface area (Å²) in [6, 6.07) is 5.76. The molecule has 0 heterocycles. The lowest BCUT2D eigenvalue weighted by molar-refractivity contribution is 0.165. The Bertz CT molecular complexity index is 468. The van der Waals surface area contributed by atoms with Crippen LogP contribution in [0.3, 0.4) is 0 Å². The van der Waals surface area contributed by atoms with Crippen LogP contribution < -0.4 is 10.6 Å². The van der Waals surface area contributed by atoms with E-state index in [2.05, 4.69) is 24.5 Å². The second-order valence-electron chi connectivity index (χ2n) is 5.81. The van der Waals surface area contributed by atoms with Crippen molar-refractivity contribution < 1.29 is 9.90 Å². The van der Waals surface area contributed by atoms with E-state index in [4.69, 9.17) is 0 Å². The summed E-state index contributed by atoms with van der Waals surface area (Å²) in [5, 5.41) is 15.0. The van der Waals surface area contributed by atoms with Gasteiger partial charge in [-0.15, -0.1) is 0 Å². The summed E-state index contributed by atoms with van der Waals surface area (Å²) in [5.74, 6) is 0. The molecule has 1 aromatic rings. The van der Waals surface area contributed by atoms with Crippen molar-refractivity contribution in [2.75, 3.05) is 18.5 Å². The fraction of sp³-hybridized carbons (Fsp3) is 0.588. The summed E-state index contributed by atoms with van der Waals surface area (Å²) in [4.78, 5) is 12.0. The van der Waals surface area contributed by atoms with Crippen molar-refractivity contribution in [2.45, 2.75) is 47.0 Å². The van der Waals surface area contributed by atoms with Gasteiger partial charge in [-0.25, -0.2) is 4.79 Å². The molecule has 0 radical (unpaired) electrons. The molecular formula is C17H28N2O2. The number of nitrogens with one attached hydrogen (secondary N) is 2. The Morgan fingerprint density at radius 1 is 1.24 bits per heavy atom. The second kappa shape index (κ2) is 8.03. The summed E-state index contributed by atoms with van der Waals surface area (Å²) in [7, 11) is 0. The molecule has 0 aliphatic rings. The molecule has 0 atom stereocenters. The molecule has 3 N–H and O–H groups in total. The zero-order valence-corrected chi connectivity index (χ0v) is 13.6. The van der Waals surface area contributed by atoms with Crippen LogP contribution in [-0.2, 0) is 0 Å². The van der Waals surface area contributed by atoms with E-state index in [0.717, 1.165) is 24.1 Å². The SMILES string of the molecule is CCC(CC)(CCO)CNC(=O)Nc1ccc(C)cc1C. The highest BCUT2D eigenvalue weighted by Crippen LogP contribution is 2.29. The van der Waals surface area contributed by atoms with Crippen molar-refractivity contribution >= 4 is 11.7 Å². The molecule has 0 fully saturated rings. The van der Waals surface area contributed by atoms with Crippen molar-refractivity contribution in [3.63, 3.8) is 0 Å². The predicted octanol–water partition coefficient (Wildman–Crippen LogP) is 3.61. The van der Waals surface area contributed by atoms with Gasteiger partial charge in [0, 0.05) is 18.8 Å². The number of carbonyl (C=O) groups is 1. The molecule has 0 aromatic heterocycles. The van der Waals surface area contributed by atoms with Gasteiger partial charge in [0.05, 0.1) is 0 Å². The third-order valence-corrected chi connectivity index (χ3v) is 4.40. The van der Waals surface area contributed by atoms with Crippen LogP contribution in [0.2, 0.25) is 0 Å². The minimum absolute atomic E-state index is 0.0194. The molecule has 2 amide bonds. The Labute approximate surface area is 128 Å². The average molecular weight is 292 g/mol. The maximum Gasteiger partial charge on any atom is 0.319 e. The maximum atomic E-state index is 12.0. The molecule has 4 heteroatoms. The minimum Gasteiger partial charge on any atom is -0.396 e. The molecule has 1 aromatic carbocycles. The number of carbonyl (C=O) groups excluding carboxylic acids is 1. The third-order valence-electron chi connectivity index (χ3n) is 4.40. The number of hydrogen-bond acceptors (Lipinski definition) is 2. The third kappa shape index (κ3) is 5.05. The lowest BCUT2D eigenvalue weighted by Crippen LogP contribution is -2.39. The van der Waals surface area contributed by atoms with E-state index in [0.29, 0.717) is 13.0 Å². The summed E-state index contributed by atoms with van der Waals surface area (Å²) in [5.41, 5.74) is 3.04. The highest BCUT2D eigenvalue weighted by Gasteiger charge is 2.26. The number of aliphatic hydroxyl groups is 1. The first-order chi connectivity index (χ1) is 9.96. The zero-order valence-electron chi connectivity index (χ0n) is 13.6. The summed E-state index contributed by atoms with van der Waals surface area (Å²) in [6.07, 6.45) is 2.59. The molecule has 1 rings (SSSR count). The molecule has 0 aliphatic carbocycles. The summed E-state index contributed by atoms with van der Waals surface area (Å²) >= 11 is 0. The van der Waals surface area contributed by atoms with Gasteiger partial charge in [-0.3, -0.25) is 0 Å². The number of aliphatic hydroxyl groups excluding tert-OH is 1. The lowest BCUT2D eigenvalue weighted by atomic mass is 9.79. The van der Waals surface area contributed by atoms with E-state index in [1.807, 2.05) is 32.0 Å². The number of anilines is 1. The second-order valence-corrected chi connectivity index (χ2v) is 5.81. The van der Waals surface area contributed by atoms with Gasteiger partial charge in [-0.05, 0) is 50.2 Å². The normalized spacial score (nSPS) is 11.3. The van der Waals surface area contributed by atoms with Crippen molar-refractivity contribution in [3.05, 3.63) is 29.3 Å². The van der Waals surface area contributed by atoms with E-state index >= 15 is 0 Å². The van der Waals surface area contributed by atoms with E-state index in [1.54, 1.807) is 0 Å². The highest BCUT2D eigenvalue weighted by molar-refractivity contribution is 5.90. The molecule has 0 unspecified atom stereocenters. The molecule has 0 saturated carbocycles. The van der Waals surface area contributed by atoms with Crippen LogP contribution in [0.25, 0.3) is 0 Å². The largest absolute Gasteiger partial charge is 0.396 e. The van der Waals surface area contributed by atoms with Crippen molar-refractivity contribution in [1.82, 2.24) is 5.32 Å². The van der Waals surface area contributed by atoms with Crippen molar-refractivity contribution in [2.24, 2.45) is 5.41 Å². The van der Waals surface area contributed by atoms with Gasteiger partial charge in [0.1, 0.15) is 0 Å². The average Bonchev–Trinajstić information content (AvgIpc) is 2.46. The first-order valence-electron chi connectivity index (χ1n) is 7.69. The smallest absolute Gasteiger partial charge is 0.319 e. The van der Waals surface area contributed by atoms with Crippen LogP contribution >= 0.6 is 0 Å². The molecule has 4 nitrogen and oxygen atoms in total. The van der Waals surface area contributed by atoms with E-state index in [1.165, 1.54) is 5.56 Å². The monoisotopic (exact) mass is 292 g/mol. The Morgan fingerprint density at radius 3 is 2.43 bits per heavy atom. The molecule has 0 bridgehead atoms. The van der Waals surface area contributed by atoms with Gasteiger partial charge in [0.25, 0.3) is 0 Å². The van der Waals surface area contributed by atoms with E-state index < -0.39 is 0 Å². The van der Waals surface area contributed by atoms with E-state index in [9.17, 15) is 9.90 Å². The van der Waals surface area contributed by atoms with Gasteiger partial charge in [0.15, 0.2) is 0 Å². The van der Waals surface area contributed by atoms with E-state index in [-0.39, 0.29) is 18.1 Å². The Morgan fingerprint density at radius 2 is 1.90 bits per heavy atom. The Hall–Kier alpha value is -1.55. The van der Waals surface area contributed by atoms with Gasteiger partial charge < -0.3 is 15.7 Å². The van der Waals surface area contributed by atoms with Crippen LogP contribution in [0.4, 0.5) is 10.5 Å². The van der Waals surface area contributed by atoms with Crippen LogP contribution in [0.5, 0.6) is 0 Å². The number of benzene rings is 1. The number of hydrogen-bond donors (Lipinski definition) is 3. The van der Waals surface area contributed by atoms with Crippen LogP contribution in [0.15, 0.2) is 18.2 Å². The highest BCUT2D eigenvalue weighted by atomic mass is 16.3. The quantitative estimate of drug-likeness (QED) is 0.719. The number of urea groups is 1. The first kappa shape index (κ1) is 17.5. The minimum atomic E-state index is -0.189. The van der Waals surface area contributed by atoms with Crippen LogP contribution in [-0.4, -0.2) is 24.3 Å². The topological polar surface area (TPSA) is 61.4 Å².